The molecule has 0 saturated carbocycles. The molecule has 12 heteroatoms. The minimum atomic E-state index is -4.10. The number of sulfonamides is 1. The van der Waals surface area contributed by atoms with Crippen molar-refractivity contribution in [2.75, 3.05) is 12.4 Å². The van der Waals surface area contributed by atoms with E-state index in [1.165, 1.54) is 13.2 Å². The van der Waals surface area contributed by atoms with Crippen molar-refractivity contribution in [2.24, 2.45) is 0 Å². The Labute approximate surface area is 157 Å². The number of rotatable bonds is 5. The van der Waals surface area contributed by atoms with E-state index in [-0.39, 0.29) is 21.2 Å². The van der Waals surface area contributed by atoms with Crippen molar-refractivity contribution in [1.82, 2.24) is 19.3 Å². The number of nitrogens with zero attached hydrogens (tertiary/aromatic N) is 3. The number of methoxy groups -OCH3 is 1. The van der Waals surface area contributed by atoms with Crippen molar-refractivity contribution in [1.29, 1.82) is 0 Å². The summed E-state index contributed by atoms with van der Waals surface area (Å²) in [6.45, 7) is 0. The summed E-state index contributed by atoms with van der Waals surface area (Å²) < 4.78 is 33.5. The Morgan fingerprint density at radius 2 is 2.04 bits per heavy atom. The van der Waals surface area contributed by atoms with Crippen LogP contribution in [0.15, 0.2) is 46.2 Å². The Kier molecular flexibility index (Phi) is 5.11. The molecular weight excluding hydrogens is 402 g/mol. The maximum Gasteiger partial charge on any atom is 0.335 e. The van der Waals surface area contributed by atoms with Gasteiger partial charge in [-0.25, -0.2) is 22.9 Å². The van der Waals surface area contributed by atoms with E-state index in [0.29, 0.717) is 5.69 Å². The Hall–Kier alpha value is -2.63. The number of thiophene rings is 1. The van der Waals surface area contributed by atoms with E-state index >= 15 is 0 Å². The summed E-state index contributed by atoms with van der Waals surface area (Å²) in [5.41, 5.74) is 0.431. The summed E-state index contributed by atoms with van der Waals surface area (Å²) in [5.74, 6) is -0.0739. The first-order chi connectivity index (χ1) is 12.4. The van der Waals surface area contributed by atoms with Gasteiger partial charge in [0.25, 0.3) is 10.0 Å². The van der Waals surface area contributed by atoms with E-state index in [9.17, 15) is 13.2 Å². The predicted octanol–water partition coefficient (Wildman–Crippen LogP) is 2.50. The Bertz CT molecular complexity index is 1030. The number of carbonyl (C=O) groups excluding carboxylic acids is 1. The average Bonchev–Trinajstić information content (AvgIpc) is 3.24. The molecule has 0 aromatic carbocycles. The van der Waals surface area contributed by atoms with Gasteiger partial charge in [-0.3, -0.25) is 5.32 Å². The molecule has 3 aromatic rings. The molecule has 9 nitrogen and oxygen atoms in total. The third-order valence-electron chi connectivity index (χ3n) is 3.07. The summed E-state index contributed by atoms with van der Waals surface area (Å²) in [7, 11) is -2.74. The second-order valence-electron chi connectivity index (χ2n) is 4.80. The average molecular weight is 414 g/mol. The highest BCUT2D eigenvalue weighted by Crippen LogP contribution is 2.26. The monoisotopic (exact) mass is 413 g/mol. The van der Waals surface area contributed by atoms with Gasteiger partial charge in [0.2, 0.25) is 11.8 Å². The number of urea groups is 1. The first-order valence-corrected chi connectivity index (χ1v) is 9.76. The van der Waals surface area contributed by atoms with Gasteiger partial charge in [-0.15, -0.1) is 11.3 Å². The van der Waals surface area contributed by atoms with E-state index in [0.717, 1.165) is 11.3 Å². The van der Waals surface area contributed by atoms with Crippen LogP contribution in [0.2, 0.25) is 5.15 Å². The van der Waals surface area contributed by atoms with Gasteiger partial charge in [0.15, 0.2) is 4.21 Å². The highest BCUT2D eigenvalue weighted by molar-refractivity contribution is 7.92. The van der Waals surface area contributed by atoms with Crippen molar-refractivity contribution < 1.29 is 17.9 Å². The first kappa shape index (κ1) is 18.2. The van der Waals surface area contributed by atoms with E-state index in [2.05, 4.69) is 15.3 Å². The molecule has 2 amide bonds. The van der Waals surface area contributed by atoms with Crippen molar-refractivity contribution in [3.05, 3.63) is 47.2 Å². The highest BCUT2D eigenvalue weighted by Gasteiger charge is 2.24. The molecular formula is C14H12ClN5O4S2. The molecule has 3 aromatic heterocycles. The highest BCUT2D eigenvalue weighted by atomic mass is 35.5. The molecule has 0 aliphatic carbocycles. The SMILES string of the molecule is COc1cc(Cl)nc(NC(=O)NS(=O)(=O)c2sccc2-n2cccc2)n1. The quantitative estimate of drug-likeness (QED) is 0.621. The number of hydrogen-bond donors (Lipinski definition) is 2. The molecule has 136 valence electrons. The molecule has 0 radical (unpaired) electrons. The van der Waals surface area contributed by atoms with Gasteiger partial charge in [-0.05, 0) is 23.6 Å². The second kappa shape index (κ2) is 7.32. The van der Waals surface area contributed by atoms with Gasteiger partial charge < -0.3 is 9.30 Å². The zero-order valence-electron chi connectivity index (χ0n) is 13.2. The summed E-state index contributed by atoms with van der Waals surface area (Å²) in [4.78, 5) is 19.7. The summed E-state index contributed by atoms with van der Waals surface area (Å²) >= 11 is 6.77. The molecule has 0 fully saturated rings. The fourth-order valence-electron chi connectivity index (χ4n) is 2.03. The number of nitrogens with one attached hydrogen (secondary N) is 2. The van der Waals surface area contributed by atoms with Crippen LogP contribution < -0.4 is 14.8 Å². The minimum Gasteiger partial charge on any atom is -0.481 e. The third kappa shape index (κ3) is 3.95. The van der Waals surface area contributed by atoms with Gasteiger partial charge in [0.05, 0.1) is 12.8 Å². The summed E-state index contributed by atoms with van der Waals surface area (Å²) in [6, 6.07) is 5.48. The third-order valence-corrected chi connectivity index (χ3v) is 6.06. The maximum absolute atomic E-state index is 12.5. The second-order valence-corrected chi connectivity index (χ2v) is 7.98. The zero-order chi connectivity index (χ0) is 18.7. The van der Waals surface area contributed by atoms with E-state index < -0.39 is 16.1 Å². The van der Waals surface area contributed by atoms with Gasteiger partial charge in [0, 0.05) is 18.5 Å². The number of halogens is 1. The molecule has 0 aliphatic heterocycles. The van der Waals surface area contributed by atoms with E-state index in [1.54, 1.807) is 40.5 Å². The van der Waals surface area contributed by atoms with Crippen molar-refractivity contribution in [3.63, 3.8) is 0 Å². The molecule has 0 bridgehead atoms. The summed E-state index contributed by atoms with van der Waals surface area (Å²) in [6.07, 6.45) is 3.40. The molecule has 0 spiro atoms. The predicted molar refractivity (Wildman–Crippen MR) is 96.6 cm³/mol. The van der Waals surface area contributed by atoms with Crippen LogP contribution in [0.25, 0.3) is 5.69 Å². The number of carbonyl (C=O) groups is 1. The molecule has 0 unspecified atom stereocenters. The summed E-state index contributed by atoms with van der Waals surface area (Å²) in [5, 5.41) is 3.86. The lowest BCUT2D eigenvalue weighted by Gasteiger charge is -2.09. The van der Waals surface area contributed by atoms with Crippen LogP contribution >= 0.6 is 22.9 Å². The lowest BCUT2D eigenvalue weighted by molar-refractivity contribution is 0.256. The molecule has 0 saturated heterocycles. The van der Waals surface area contributed by atoms with Gasteiger partial charge in [0.1, 0.15) is 5.15 Å². The van der Waals surface area contributed by atoms with Gasteiger partial charge >= 0.3 is 6.03 Å². The topological polar surface area (TPSA) is 115 Å². The van der Waals surface area contributed by atoms with Crippen molar-refractivity contribution in [2.45, 2.75) is 4.21 Å². The molecule has 2 N–H and O–H groups in total. The van der Waals surface area contributed by atoms with Crippen LogP contribution in [0.4, 0.5) is 10.7 Å². The number of ether oxygens (including phenoxy) is 1. The molecule has 3 heterocycles. The van der Waals surface area contributed by atoms with Crippen LogP contribution in [0.5, 0.6) is 5.88 Å². The van der Waals surface area contributed by atoms with Crippen LogP contribution in [-0.4, -0.2) is 36.1 Å². The fraction of sp³-hybridized carbons (Fsp3) is 0.0714. The van der Waals surface area contributed by atoms with Crippen molar-refractivity contribution in [3.8, 4) is 11.6 Å². The van der Waals surface area contributed by atoms with Crippen molar-refractivity contribution >= 4 is 44.9 Å². The molecule has 0 aliphatic rings. The Morgan fingerprint density at radius 1 is 1.31 bits per heavy atom. The molecule has 26 heavy (non-hydrogen) atoms. The minimum absolute atomic E-state index is 0.00607. The number of anilines is 1. The van der Waals surface area contributed by atoms with Crippen LogP contribution in [0.1, 0.15) is 0 Å². The first-order valence-electron chi connectivity index (χ1n) is 7.02. The lowest BCUT2D eigenvalue weighted by atomic mass is 10.5. The zero-order valence-corrected chi connectivity index (χ0v) is 15.6. The Balaban J connectivity index is 1.79. The standard InChI is InChI=1S/C14H12ClN5O4S2/c1-24-11-8-10(15)16-13(17-11)18-14(21)19-26(22,23)12-9(4-7-25-12)20-5-2-3-6-20/h2-8H,1H3,(H2,16,17,18,19,21). The van der Waals surface area contributed by atoms with Crippen LogP contribution in [0, 0.1) is 0 Å². The van der Waals surface area contributed by atoms with Crippen LogP contribution in [0.3, 0.4) is 0 Å². The van der Waals surface area contributed by atoms with Gasteiger partial charge in [-0.2, -0.15) is 4.98 Å². The molecule has 3 rings (SSSR count). The number of hydrogen-bond acceptors (Lipinski definition) is 7. The van der Waals surface area contributed by atoms with E-state index in [4.69, 9.17) is 16.3 Å². The normalized spacial score (nSPS) is 11.2. The number of amides is 2. The lowest BCUT2D eigenvalue weighted by Crippen LogP contribution is -2.34. The van der Waals surface area contributed by atoms with E-state index in [1.807, 2.05) is 4.72 Å². The number of aromatic nitrogens is 3. The maximum atomic E-state index is 12.5. The smallest absolute Gasteiger partial charge is 0.335 e. The van der Waals surface area contributed by atoms with Gasteiger partial charge in [-0.1, -0.05) is 11.6 Å². The largest absolute Gasteiger partial charge is 0.481 e. The molecule has 0 atom stereocenters. The fourth-order valence-corrected chi connectivity index (χ4v) is 4.45. The Morgan fingerprint density at radius 3 is 2.73 bits per heavy atom. The van der Waals surface area contributed by atoms with Crippen LogP contribution in [-0.2, 0) is 10.0 Å².